The molecule has 3 N–H and O–H groups in total. The minimum Gasteiger partial charge on any atom is -0.357 e. The van der Waals surface area contributed by atoms with Gasteiger partial charge < -0.3 is 20.5 Å². The van der Waals surface area contributed by atoms with Gasteiger partial charge in [-0.05, 0) is 31.7 Å². The summed E-state index contributed by atoms with van der Waals surface area (Å²) in [5.74, 6) is -1.73. The van der Waals surface area contributed by atoms with Crippen molar-refractivity contribution in [2.45, 2.75) is 24.3 Å². The van der Waals surface area contributed by atoms with E-state index in [1.165, 1.54) is 18.3 Å². The van der Waals surface area contributed by atoms with Crippen molar-refractivity contribution < 1.29 is 22.0 Å². The highest BCUT2D eigenvalue weighted by molar-refractivity contribution is 7.90. The number of halogens is 2. The monoisotopic (exact) mass is 584 g/mol. The quantitative estimate of drug-likeness (QED) is 0.285. The van der Waals surface area contributed by atoms with Gasteiger partial charge in [-0.1, -0.05) is 13.0 Å². The Labute approximate surface area is 235 Å². The molecule has 5 rings (SSSR count). The van der Waals surface area contributed by atoms with Crippen LogP contribution in [-0.4, -0.2) is 89.6 Å². The second-order valence-electron chi connectivity index (χ2n) is 9.94. The molecular formula is C27H30F2N8O3S. The molecule has 1 unspecified atom stereocenters. The van der Waals surface area contributed by atoms with Crippen molar-refractivity contribution in [3.05, 3.63) is 54.5 Å². The molecule has 1 aliphatic heterocycles. The van der Waals surface area contributed by atoms with E-state index < -0.39 is 26.4 Å². The number of aromatic nitrogens is 4. The van der Waals surface area contributed by atoms with E-state index in [-0.39, 0.29) is 29.3 Å². The number of H-pyrrole nitrogens is 1. The Bertz CT molecular complexity index is 1700. The third kappa shape index (κ3) is 5.89. The topological polar surface area (TPSA) is 136 Å². The van der Waals surface area contributed by atoms with Crippen LogP contribution in [0.2, 0.25) is 0 Å². The lowest BCUT2D eigenvalue weighted by Crippen LogP contribution is -2.52. The molecule has 0 radical (unpaired) electrons. The number of carbonyl (C=O) groups is 1. The fourth-order valence-electron chi connectivity index (χ4n) is 4.92. The summed E-state index contributed by atoms with van der Waals surface area (Å²) in [6, 6.07) is 5.20. The number of carbonyl (C=O) groups excluding carboxylic acids is 1. The zero-order valence-corrected chi connectivity index (χ0v) is 23.6. The maximum atomic E-state index is 15.0. The van der Waals surface area contributed by atoms with E-state index in [1.54, 1.807) is 12.3 Å². The number of likely N-dealkylation sites (N-methyl/N-ethyl adjacent to an activating group) is 1. The fraction of sp³-hybridized carbons (Fsp3) is 0.333. The lowest BCUT2D eigenvalue weighted by molar-refractivity contribution is -0.122. The van der Waals surface area contributed by atoms with E-state index in [4.69, 9.17) is 0 Å². The van der Waals surface area contributed by atoms with Gasteiger partial charge >= 0.3 is 0 Å². The van der Waals surface area contributed by atoms with E-state index in [9.17, 15) is 22.0 Å². The van der Waals surface area contributed by atoms with Crippen LogP contribution in [-0.2, 0) is 14.6 Å². The first kappa shape index (κ1) is 28.5. The molecule has 0 saturated carbocycles. The number of hydrogen-bond acceptors (Lipinski definition) is 9. The van der Waals surface area contributed by atoms with Crippen LogP contribution in [0.25, 0.3) is 22.2 Å². The Morgan fingerprint density at radius 3 is 2.61 bits per heavy atom. The molecule has 4 aromatic rings. The molecule has 1 aromatic carbocycles. The van der Waals surface area contributed by atoms with Crippen molar-refractivity contribution in [2.75, 3.05) is 50.1 Å². The molecular weight excluding hydrogens is 554 g/mol. The summed E-state index contributed by atoms with van der Waals surface area (Å²) in [5, 5.41) is 6.11. The van der Waals surface area contributed by atoms with Gasteiger partial charge in [-0.3, -0.25) is 9.69 Å². The molecule has 1 fully saturated rings. The zero-order chi connectivity index (χ0) is 29.3. The van der Waals surface area contributed by atoms with Crippen LogP contribution in [0.5, 0.6) is 0 Å². The van der Waals surface area contributed by atoms with Gasteiger partial charge in [-0.15, -0.1) is 0 Å². The standard InChI is InChI=1S/C27H30F2N8O3S/c1-4-20(37-12-10-36(2)11-13-37)26(38)35-25-24-16(8-9-30-25)17(14-31-24)23-18(28)15-32-27(34-23)33-19-6-5-7-21(22(19)29)41(3,39)40/h5-9,14-15,20,31H,4,10-13H2,1-3H3,(H,30,35,38)(H,32,33,34). The molecule has 14 heteroatoms. The SMILES string of the molecule is CCC(C(=O)Nc1nccc2c(-c3nc(Nc4cccc(S(C)(=O)=O)c4F)ncc3F)c[nH]c12)N1CCN(C)CC1. The van der Waals surface area contributed by atoms with Crippen LogP contribution < -0.4 is 10.6 Å². The normalized spacial score (nSPS) is 15.6. The van der Waals surface area contributed by atoms with Gasteiger partial charge in [0.05, 0.1) is 23.4 Å². The van der Waals surface area contributed by atoms with E-state index >= 15 is 0 Å². The summed E-state index contributed by atoms with van der Waals surface area (Å²) in [4.78, 5) is 32.7. The smallest absolute Gasteiger partial charge is 0.242 e. The molecule has 0 aliphatic carbocycles. The summed E-state index contributed by atoms with van der Waals surface area (Å²) < 4.78 is 53.6. The number of sulfone groups is 1. The summed E-state index contributed by atoms with van der Waals surface area (Å²) in [7, 11) is -1.76. The van der Waals surface area contributed by atoms with Crippen LogP contribution in [0.1, 0.15) is 13.3 Å². The van der Waals surface area contributed by atoms with Crippen LogP contribution in [0.3, 0.4) is 0 Å². The summed E-state index contributed by atoms with van der Waals surface area (Å²) in [5.41, 5.74) is 0.603. The number of nitrogens with one attached hydrogen (secondary N) is 3. The molecule has 0 spiro atoms. The largest absolute Gasteiger partial charge is 0.357 e. The van der Waals surface area contributed by atoms with Gasteiger partial charge in [0.25, 0.3) is 0 Å². The highest BCUT2D eigenvalue weighted by Crippen LogP contribution is 2.33. The molecule has 1 saturated heterocycles. The molecule has 11 nitrogen and oxygen atoms in total. The van der Waals surface area contributed by atoms with Crippen LogP contribution in [0, 0.1) is 11.6 Å². The first-order chi connectivity index (χ1) is 19.6. The lowest BCUT2D eigenvalue weighted by atomic mass is 10.1. The molecule has 1 aliphatic rings. The highest BCUT2D eigenvalue weighted by atomic mass is 32.2. The van der Waals surface area contributed by atoms with Gasteiger partial charge in [0.15, 0.2) is 27.3 Å². The van der Waals surface area contributed by atoms with E-state index in [1.807, 2.05) is 6.92 Å². The second-order valence-corrected chi connectivity index (χ2v) is 11.9. The summed E-state index contributed by atoms with van der Waals surface area (Å²) in [6.07, 6.45) is 5.53. The average Bonchev–Trinajstić information content (AvgIpc) is 3.37. The number of pyridine rings is 1. The van der Waals surface area contributed by atoms with Gasteiger partial charge in [0, 0.05) is 55.8 Å². The number of hydrogen-bond donors (Lipinski definition) is 3. The molecule has 0 bridgehead atoms. The average molecular weight is 585 g/mol. The van der Waals surface area contributed by atoms with Crippen molar-refractivity contribution in [2.24, 2.45) is 0 Å². The maximum Gasteiger partial charge on any atom is 0.242 e. The predicted octanol–water partition coefficient (Wildman–Crippen LogP) is 3.41. The van der Waals surface area contributed by atoms with Gasteiger partial charge in [-0.2, -0.15) is 0 Å². The number of piperazine rings is 1. The Hall–Kier alpha value is -4.01. The Morgan fingerprint density at radius 2 is 1.90 bits per heavy atom. The first-order valence-electron chi connectivity index (χ1n) is 13.0. The minimum atomic E-state index is -3.81. The van der Waals surface area contributed by atoms with Crippen LogP contribution in [0.4, 0.5) is 26.2 Å². The van der Waals surface area contributed by atoms with Crippen molar-refractivity contribution in [3.8, 4) is 11.3 Å². The minimum absolute atomic E-state index is 0.0826. The number of amides is 1. The lowest BCUT2D eigenvalue weighted by Gasteiger charge is -2.36. The number of nitrogens with zero attached hydrogens (tertiary/aromatic N) is 5. The Kier molecular flexibility index (Phi) is 7.98. The third-order valence-electron chi connectivity index (χ3n) is 7.12. The summed E-state index contributed by atoms with van der Waals surface area (Å²) in [6.45, 7) is 5.32. The number of benzene rings is 1. The molecule has 4 heterocycles. The molecule has 216 valence electrons. The number of anilines is 3. The Morgan fingerprint density at radius 1 is 1.15 bits per heavy atom. The molecule has 41 heavy (non-hydrogen) atoms. The summed E-state index contributed by atoms with van der Waals surface area (Å²) >= 11 is 0. The molecule has 1 atom stereocenters. The fourth-order valence-corrected chi connectivity index (χ4v) is 5.68. The van der Waals surface area contributed by atoms with E-state index in [0.29, 0.717) is 28.7 Å². The Balaban J connectivity index is 1.43. The van der Waals surface area contributed by atoms with E-state index in [2.05, 4.69) is 47.4 Å². The van der Waals surface area contributed by atoms with Crippen LogP contribution >= 0.6 is 0 Å². The van der Waals surface area contributed by atoms with Gasteiger partial charge in [0.1, 0.15) is 10.6 Å². The van der Waals surface area contributed by atoms with Crippen LogP contribution in [0.15, 0.2) is 47.8 Å². The predicted molar refractivity (Wildman–Crippen MR) is 152 cm³/mol. The number of aromatic amines is 1. The maximum absolute atomic E-state index is 15.0. The molecule has 3 aromatic heterocycles. The second kappa shape index (κ2) is 11.5. The first-order valence-corrected chi connectivity index (χ1v) is 14.9. The van der Waals surface area contributed by atoms with Crippen molar-refractivity contribution in [1.29, 1.82) is 0 Å². The number of fused-ring (bicyclic) bond motifs is 1. The molecule has 1 amide bonds. The zero-order valence-electron chi connectivity index (χ0n) is 22.8. The number of rotatable bonds is 8. The van der Waals surface area contributed by atoms with Crippen molar-refractivity contribution >= 4 is 44.1 Å². The highest BCUT2D eigenvalue weighted by Gasteiger charge is 2.28. The third-order valence-corrected chi connectivity index (χ3v) is 8.23. The van der Waals surface area contributed by atoms with Gasteiger partial charge in [-0.25, -0.2) is 32.2 Å². The van der Waals surface area contributed by atoms with Crippen molar-refractivity contribution in [3.63, 3.8) is 0 Å². The van der Waals surface area contributed by atoms with E-state index in [0.717, 1.165) is 44.7 Å². The van der Waals surface area contributed by atoms with Gasteiger partial charge in [0.2, 0.25) is 11.9 Å². The van der Waals surface area contributed by atoms with Crippen molar-refractivity contribution in [1.82, 2.24) is 29.7 Å².